The molecule has 2 aliphatic rings. The van der Waals surface area contributed by atoms with E-state index in [2.05, 4.69) is 49.7 Å². The third kappa shape index (κ3) is 4.20. The molecule has 0 aromatic rings. The van der Waals surface area contributed by atoms with Crippen LogP contribution in [0.2, 0.25) is 0 Å². The summed E-state index contributed by atoms with van der Waals surface area (Å²) < 4.78 is 0. The second-order valence-electron chi connectivity index (χ2n) is 8.05. The maximum atomic E-state index is 3.89. The molecule has 3 nitrogen and oxygen atoms in total. The lowest BCUT2D eigenvalue weighted by atomic mass is 9.70. The minimum atomic E-state index is 0.438. The Morgan fingerprint density at radius 3 is 2.38 bits per heavy atom. The molecule has 0 radical (unpaired) electrons. The van der Waals surface area contributed by atoms with Gasteiger partial charge in [0.2, 0.25) is 0 Å². The molecule has 2 rings (SSSR count). The Morgan fingerprint density at radius 1 is 1.14 bits per heavy atom. The maximum Gasteiger partial charge on any atom is 0.0274 e. The van der Waals surface area contributed by atoms with Gasteiger partial charge in [-0.05, 0) is 45.1 Å². The molecule has 1 N–H and O–H groups in total. The van der Waals surface area contributed by atoms with Crippen molar-refractivity contribution in [1.82, 2.24) is 15.1 Å². The molecule has 2 unspecified atom stereocenters. The van der Waals surface area contributed by atoms with Crippen molar-refractivity contribution in [3.05, 3.63) is 0 Å². The fourth-order valence-corrected chi connectivity index (χ4v) is 4.30. The molecular formula is C18H37N3. The van der Waals surface area contributed by atoms with Crippen LogP contribution in [0.1, 0.15) is 60.3 Å². The topological polar surface area (TPSA) is 18.5 Å². The van der Waals surface area contributed by atoms with Gasteiger partial charge in [-0.3, -0.25) is 9.80 Å². The number of rotatable bonds is 5. The molecule has 2 fully saturated rings. The smallest absolute Gasteiger partial charge is 0.0274 e. The molecule has 0 aromatic heterocycles. The van der Waals surface area contributed by atoms with Crippen LogP contribution in [-0.4, -0.2) is 60.6 Å². The molecule has 3 heteroatoms. The highest BCUT2D eigenvalue weighted by Crippen LogP contribution is 2.38. The van der Waals surface area contributed by atoms with Gasteiger partial charge in [-0.2, -0.15) is 0 Å². The van der Waals surface area contributed by atoms with E-state index in [9.17, 15) is 0 Å². The van der Waals surface area contributed by atoms with Gasteiger partial charge in [-0.1, -0.05) is 27.2 Å². The van der Waals surface area contributed by atoms with E-state index in [1.54, 1.807) is 0 Å². The zero-order valence-corrected chi connectivity index (χ0v) is 15.0. The van der Waals surface area contributed by atoms with Gasteiger partial charge in [-0.15, -0.1) is 0 Å². The molecule has 0 aromatic carbocycles. The minimum absolute atomic E-state index is 0.438. The standard InChI is InChI=1S/C18H37N3/c1-6-10-19-17-16(8-7-9-18(17,4)5)21-13-11-20(12-14-21)15(2)3/h15-17,19H,6-14H2,1-5H3. The van der Waals surface area contributed by atoms with Gasteiger partial charge in [0.1, 0.15) is 0 Å². The van der Waals surface area contributed by atoms with E-state index in [4.69, 9.17) is 0 Å². The van der Waals surface area contributed by atoms with E-state index in [1.807, 2.05) is 0 Å². The van der Waals surface area contributed by atoms with E-state index < -0.39 is 0 Å². The maximum absolute atomic E-state index is 3.89. The van der Waals surface area contributed by atoms with Gasteiger partial charge < -0.3 is 5.32 Å². The average Bonchev–Trinajstić information content (AvgIpc) is 2.45. The van der Waals surface area contributed by atoms with Crippen molar-refractivity contribution in [3.8, 4) is 0 Å². The predicted octanol–water partition coefficient (Wildman–Crippen LogP) is 2.96. The number of nitrogens with zero attached hydrogens (tertiary/aromatic N) is 2. The highest BCUT2D eigenvalue weighted by Gasteiger charge is 2.41. The third-order valence-corrected chi connectivity index (χ3v) is 5.71. The van der Waals surface area contributed by atoms with Crippen LogP contribution in [0.5, 0.6) is 0 Å². The van der Waals surface area contributed by atoms with Crippen LogP contribution in [-0.2, 0) is 0 Å². The zero-order valence-electron chi connectivity index (χ0n) is 15.0. The van der Waals surface area contributed by atoms with Crippen molar-refractivity contribution < 1.29 is 0 Å². The van der Waals surface area contributed by atoms with Gasteiger partial charge in [0, 0.05) is 44.3 Å². The summed E-state index contributed by atoms with van der Waals surface area (Å²) in [6.07, 6.45) is 5.39. The summed E-state index contributed by atoms with van der Waals surface area (Å²) in [6, 6.07) is 2.11. The summed E-state index contributed by atoms with van der Waals surface area (Å²) in [4.78, 5) is 5.41. The Kier molecular flexibility index (Phi) is 6.10. The van der Waals surface area contributed by atoms with Crippen LogP contribution in [0.4, 0.5) is 0 Å². The molecule has 0 amide bonds. The lowest BCUT2D eigenvalue weighted by Gasteiger charge is -2.51. The Balaban J connectivity index is 1.99. The normalized spacial score (nSPS) is 31.7. The Hall–Kier alpha value is -0.120. The number of hydrogen-bond acceptors (Lipinski definition) is 3. The Bertz CT molecular complexity index is 306. The van der Waals surface area contributed by atoms with Crippen LogP contribution >= 0.6 is 0 Å². The second kappa shape index (κ2) is 7.43. The first-order chi connectivity index (χ1) is 9.95. The van der Waals surface area contributed by atoms with Gasteiger partial charge >= 0.3 is 0 Å². The largest absolute Gasteiger partial charge is 0.312 e. The minimum Gasteiger partial charge on any atom is -0.312 e. The van der Waals surface area contributed by atoms with Gasteiger partial charge in [0.05, 0.1) is 0 Å². The number of nitrogens with one attached hydrogen (secondary N) is 1. The predicted molar refractivity (Wildman–Crippen MR) is 91.8 cm³/mol. The monoisotopic (exact) mass is 295 g/mol. The highest BCUT2D eigenvalue weighted by atomic mass is 15.3. The Morgan fingerprint density at radius 2 is 1.81 bits per heavy atom. The summed E-state index contributed by atoms with van der Waals surface area (Å²) in [5.74, 6) is 0. The summed E-state index contributed by atoms with van der Waals surface area (Å²) in [5, 5.41) is 3.89. The molecule has 1 saturated heterocycles. The van der Waals surface area contributed by atoms with Crippen molar-refractivity contribution in [2.45, 2.75) is 78.4 Å². The summed E-state index contributed by atoms with van der Waals surface area (Å²) in [7, 11) is 0. The quantitative estimate of drug-likeness (QED) is 0.841. The van der Waals surface area contributed by atoms with Gasteiger partial charge in [-0.25, -0.2) is 0 Å². The molecule has 1 heterocycles. The van der Waals surface area contributed by atoms with E-state index in [0.717, 1.165) is 12.6 Å². The first kappa shape index (κ1) is 17.2. The Labute approximate surface area is 132 Å². The SMILES string of the molecule is CCCNC1C(N2CCN(C(C)C)CC2)CCCC1(C)C. The van der Waals surface area contributed by atoms with Crippen molar-refractivity contribution >= 4 is 0 Å². The molecular weight excluding hydrogens is 258 g/mol. The van der Waals surface area contributed by atoms with Crippen LogP contribution in [0.3, 0.4) is 0 Å². The summed E-state index contributed by atoms with van der Waals surface area (Å²) in [5.41, 5.74) is 0.438. The molecule has 1 aliphatic heterocycles. The number of hydrogen-bond donors (Lipinski definition) is 1. The lowest BCUT2D eigenvalue weighted by molar-refractivity contribution is 0.0121. The van der Waals surface area contributed by atoms with Crippen molar-refractivity contribution in [1.29, 1.82) is 0 Å². The van der Waals surface area contributed by atoms with Crippen molar-refractivity contribution in [2.75, 3.05) is 32.7 Å². The van der Waals surface area contributed by atoms with E-state index in [0.29, 0.717) is 17.5 Å². The van der Waals surface area contributed by atoms with Gasteiger partial charge in [0.15, 0.2) is 0 Å². The van der Waals surface area contributed by atoms with Crippen LogP contribution in [0, 0.1) is 5.41 Å². The first-order valence-electron chi connectivity index (χ1n) is 9.17. The molecule has 1 saturated carbocycles. The highest BCUT2D eigenvalue weighted by molar-refractivity contribution is 4.99. The molecule has 0 spiro atoms. The summed E-state index contributed by atoms with van der Waals surface area (Å²) in [6.45, 7) is 18.0. The van der Waals surface area contributed by atoms with E-state index in [-0.39, 0.29) is 0 Å². The third-order valence-electron chi connectivity index (χ3n) is 5.71. The molecule has 21 heavy (non-hydrogen) atoms. The molecule has 124 valence electrons. The second-order valence-corrected chi connectivity index (χ2v) is 8.05. The lowest BCUT2D eigenvalue weighted by Crippen LogP contribution is -2.62. The number of piperazine rings is 1. The van der Waals surface area contributed by atoms with Crippen molar-refractivity contribution in [2.24, 2.45) is 5.41 Å². The fraction of sp³-hybridized carbons (Fsp3) is 1.00. The van der Waals surface area contributed by atoms with Gasteiger partial charge in [0.25, 0.3) is 0 Å². The first-order valence-corrected chi connectivity index (χ1v) is 9.17. The van der Waals surface area contributed by atoms with E-state index in [1.165, 1.54) is 51.9 Å². The average molecular weight is 296 g/mol. The fourth-order valence-electron chi connectivity index (χ4n) is 4.30. The zero-order chi connectivity index (χ0) is 15.5. The van der Waals surface area contributed by atoms with Crippen LogP contribution < -0.4 is 5.32 Å². The summed E-state index contributed by atoms with van der Waals surface area (Å²) >= 11 is 0. The van der Waals surface area contributed by atoms with E-state index >= 15 is 0 Å². The van der Waals surface area contributed by atoms with Crippen LogP contribution in [0.15, 0.2) is 0 Å². The molecule has 1 aliphatic carbocycles. The molecule has 2 atom stereocenters. The molecule has 0 bridgehead atoms. The van der Waals surface area contributed by atoms with Crippen LogP contribution in [0.25, 0.3) is 0 Å². The van der Waals surface area contributed by atoms with Crippen molar-refractivity contribution in [3.63, 3.8) is 0 Å².